The van der Waals surface area contributed by atoms with Gasteiger partial charge in [-0.3, -0.25) is 9.59 Å². The molecule has 2 amide bonds. The van der Waals surface area contributed by atoms with Crippen LogP contribution in [0.4, 0.5) is 11.4 Å². The molecule has 112 valence electrons. The molecule has 0 aliphatic carbocycles. The highest BCUT2D eigenvalue weighted by atomic mass is 16.3. The fourth-order valence-electron chi connectivity index (χ4n) is 1.71. The number of furan rings is 1. The van der Waals surface area contributed by atoms with Crippen LogP contribution in [-0.2, 0) is 4.79 Å². The van der Waals surface area contributed by atoms with Gasteiger partial charge in [0.1, 0.15) is 0 Å². The van der Waals surface area contributed by atoms with Gasteiger partial charge in [0.25, 0.3) is 5.91 Å². The Morgan fingerprint density at radius 1 is 1.05 bits per heavy atom. The zero-order valence-corrected chi connectivity index (χ0v) is 12.1. The third-order valence-corrected chi connectivity index (χ3v) is 2.68. The van der Waals surface area contributed by atoms with Crippen LogP contribution in [0.2, 0.25) is 0 Å². The Balaban J connectivity index is 2.01. The monoisotopic (exact) mass is 296 g/mol. The van der Waals surface area contributed by atoms with E-state index in [1.807, 2.05) is 13.0 Å². The van der Waals surface area contributed by atoms with Crippen LogP contribution in [0.5, 0.6) is 0 Å². The smallest absolute Gasteiger partial charge is 0.291 e. The molecule has 0 fully saturated rings. The highest BCUT2D eigenvalue weighted by molar-refractivity contribution is 6.03. The molecule has 5 nitrogen and oxygen atoms in total. The summed E-state index contributed by atoms with van der Waals surface area (Å²) in [5.74, 6) is -0.363. The number of nitrogens with one attached hydrogen (secondary N) is 2. The van der Waals surface area contributed by atoms with Crippen LogP contribution in [0.15, 0.2) is 71.4 Å². The van der Waals surface area contributed by atoms with E-state index in [1.54, 1.807) is 48.6 Å². The van der Waals surface area contributed by atoms with Gasteiger partial charge in [-0.1, -0.05) is 24.3 Å². The predicted octanol–water partition coefficient (Wildman–Crippen LogP) is 3.60. The molecule has 1 aromatic carbocycles. The Bertz CT molecular complexity index is 700. The maximum Gasteiger partial charge on any atom is 0.291 e. The van der Waals surface area contributed by atoms with E-state index in [0.29, 0.717) is 11.4 Å². The summed E-state index contributed by atoms with van der Waals surface area (Å²) in [6, 6.07) is 10.1. The number of carbonyl (C=O) groups is 2. The minimum atomic E-state index is -0.346. The van der Waals surface area contributed by atoms with E-state index in [2.05, 4.69) is 10.6 Å². The second-order valence-corrected chi connectivity index (χ2v) is 4.39. The maximum absolute atomic E-state index is 11.9. The number of amides is 2. The van der Waals surface area contributed by atoms with Crippen molar-refractivity contribution in [1.82, 2.24) is 0 Å². The lowest BCUT2D eigenvalue weighted by atomic mass is 10.2. The van der Waals surface area contributed by atoms with Crippen molar-refractivity contribution in [1.29, 1.82) is 0 Å². The normalized spacial score (nSPS) is 11.0. The summed E-state index contributed by atoms with van der Waals surface area (Å²) in [4.78, 5) is 23.5. The van der Waals surface area contributed by atoms with Gasteiger partial charge >= 0.3 is 0 Å². The topological polar surface area (TPSA) is 71.3 Å². The van der Waals surface area contributed by atoms with E-state index in [0.717, 1.165) is 0 Å². The minimum absolute atomic E-state index is 0.226. The first kappa shape index (κ1) is 15.3. The Morgan fingerprint density at radius 2 is 1.82 bits per heavy atom. The molecule has 0 spiro atoms. The van der Waals surface area contributed by atoms with E-state index in [1.165, 1.54) is 12.3 Å². The summed E-state index contributed by atoms with van der Waals surface area (Å²) in [7, 11) is 0. The Morgan fingerprint density at radius 3 is 2.50 bits per heavy atom. The molecule has 0 aliphatic rings. The largest absolute Gasteiger partial charge is 0.459 e. The van der Waals surface area contributed by atoms with Crippen LogP contribution >= 0.6 is 0 Å². The maximum atomic E-state index is 11.9. The summed E-state index contributed by atoms with van der Waals surface area (Å²) < 4.78 is 5.02. The third kappa shape index (κ3) is 4.49. The Kier molecular flexibility index (Phi) is 5.31. The molecular weight excluding hydrogens is 280 g/mol. The molecule has 22 heavy (non-hydrogen) atoms. The van der Waals surface area contributed by atoms with Gasteiger partial charge in [0, 0.05) is 17.5 Å². The average Bonchev–Trinajstić information content (AvgIpc) is 3.02. The lowest BCUT2D eigenvalue weighted by Gasteiger charge is -2.06. The zero-order valence-electron chi connectivity index (χ0n) is 12.1. The van der Waals surface area contributed by atoms with E-state index < -0.39 is 0 Å². The second kappa shape index (κ2) is 7.64. The van der Waals surface area contributed by atoms with Gasteiger partial charge in [-0.15, -0.1) is 0 Å². The first-order valence-electron chi connectivity index (χ1n) is 6.74. The Labute approximate surface area is 128 Å². The number of hydrogen-bond acceptors (Lipinski definition) is 3. The van der Waals surface area contributed by atoms with Crippen molar-refractivity contribution in [3.05, 3.63) is 72.7 Å². The fourth-order valence-corrected chi connectivity index (χ4v) is 1.71. The predicted molar refractivity (Wildman–Crippen MR) is 85.7 cm³/mol. The molecule has 0 saturated carbocycles. The van der Waals surface area contributed by atoms with E-state index in [9.17, 15) is 9.59 Å². The standard InChI is InChI=1S/C17H16N2O3/c1-2-3-4-10-16(20)18-13-7-5-8-14(12-13)19-17(21)15-9-6-11-22-15/h2-12H,1H3,(H,18,20)(H,19,21)/b3-2+,10-4+. The fraction of sp³-hybridized carbons (Fsp3) is 0.0588. The van der Waals surface area contributed by atoms with E-state index >= 15 is 0 Å². The molecule has 1 aromatic heterocycles. The molecule has 0 saturated heterocycles. The van der Waals surface area contributed by atoms with Crippen molar-refractivity contribution in [2.24, 2.45) is 0 Å². The van der Waals surface area contributed by atoms with Crippen LogP contribution in [0.3, 0.4) is 0 Å². The van der Waals surface area contributed by atoms with Gasteiger partial charge in [0.2, 0.25) is 5.91 Å². The summed E-state index contributed by atoms with van der Waals surface area (Å²) in [6.45, 7) is 1.87. The average molecular weight is 296 g/mol. The molecule has 1 heterocycles. The van der Waals surface area contributed by atoms with Gasteiger partial charge in [-0.25, -0.2) is 0 Å². The van der Waals surface area contributed by atoms with Crippen LogP contribution in [0.1, 0.15) is 17.5 Å². The van der Waals surface area contributed by atoms with Crippen LogP contribution < -0.4 is 10.6 Å². The molecular formula is C17H16N2O3. The minimum Gasteiger partial charge on any atom is -0.459 e. The molecule has 0 radical (unpaired) electrons. The van der Waals surface area contributed by atoms with Crippen molar-refractivity contribution < 1.29 is 14.0 Å². The summed E-state index contributed by atoms with van der Waals surface area (Å²) in [5, 5.41) is 5.41. The molecule has 2 aromatic rings. The third-order valence-electron chi connectivity index (χ3n) is 2.68. The van der Waals surface area contributed by atoms with Crippen LogP contribution in [0, 0.1) is 0 Å². The molecule has 0 bridgehead atoms. The number of carbonyl (C=O) groups excluding carboxylic acids is 2. The lowest BCUT2D eigenvalue weighted by Crippen LogP contribution is -2.12. The van der Waals surface area contributed by atoms with Crippen molar-refractivity contribution in [3.8, 4) is 0 Å². The molecule has 5 heteroatoms. The highest BCUT2D eigenvalue weighted by Gasteiger charge is 2.08. The molecule has 2 rings (SSSR count). The number of hydrogen-bond donors (Lipinski definition) is 2. The SMILES string of the molecule is C/C=C/C=C/C(=O)Nc1cccc(NC(=O)c2ccco2)c1. The van der Waals surface area contributed by atoms with Crippen molar-refractivity contribution in [2.75, 3.05) is 10.6 Å². The summed E-state index contributed by atoms with van der Waals surface area (Å²) >= 11 is 0. The lowest BCUT2D eigenvalue weighted by molar-refractivity contribution is -0.111. The second-order valence-electron chi connectivity index (χ2n) is 4.39. The Hall–Kier alpha value is -3.08. The van der Waals surface area contributed by atoms with Gasteiger partial charge in [-0.05, 0) is 37.3 Å². The number of rotatable bonds is 5. The van der Waals surface area contributed by atoms with Gasteiger partial charge in [0.05, 0.1) is 6.26 Å². The number of anilines is 2. The van der Waals surface area contributed by atoms with Gasteiger partial charge < -0.3 is 15.1 Å². The molecule has 2 N–H and O–H groups in total. The van der Waals surface area contributed by atoms with Crippen LogP contribution in [-0.4, -0.2) is 11.8 Å². The molecule has 0 atom stereocenters. The molecule has 0 unspecified atom stereocenters. The van der Waals surface area contributed by atoms with Gasteiger partial charge in [-0.2, -0.15) is 0 Å². The van der Waals surface area contributed by atoms with Crippen molar-refractivity contribution in [3.63, 3.8) is 0 Å². The first-order chi connectivity index (χ1) is 10.7. The first-order valence-corrected chi connectivity index (χ1v) is 6.74. The molecule has 0 aliphatic heterocycles. The van der Waals surface area contributed by atoms with Crippen molar-refractivity contribution in [2.45, 2.75) is 6.92 Å². The number of benzene rings is 1. The quantitative estimate of drug-likeness (QED) is 0.654. The number of allylic oxidation sites excluding steroid dienone is 3. The summed E-state index contributed by atoms with van der Waals surface area (Å²) in [5.41, 5.74) is 1.16. The summed E-state index contributed by atoms with van der Waals surface area (Å²) in [6.07, 6.45) is 8.10. The van der Waals surface area contributed by atoms with Crippen LogP contribution in [0.25, 0.3) is 0 Å². The highest BCUT2D eigenvalue weighted by Crippen LogP contribution is 2.16. The van der Waals surface area contributed by atoms with Crippen molar-refractivity contribution >= 4 is 23.2 Å². The van der Waals surface area contributed by atoms with E-state index in [4.69, 9.17) is 4.42 Å². The van der Waals surface area contributed by atoms with E-state index in [-0.39, 0.29) is 17.6 Å². The zero-order chi connectivity index (χ0) is 15.8. The van der Waals surface area contributed by atoms with Gasteiger partial charge in [0.15, 0.2) is 5.76 Å².